The Labute approximate surface area is 305 Å². The van der Waals surface area contributed by atoms with Crippen LogP contribution in [0.15, 0.2) is 36.0 Å². The van der Waals surface area contributed by atoms with Crippen molar-refractivity contribution in [2.75, 3.05) is 37.7 Å². The first kappa shape index (κ1) is 38.3. The van der Waals surface area contributed by atoms with Gasteiger partial charge >= 0.3 is 5.97 Å². The number of carboxylic acid groups (broad SMARTS) is 1. The normalized spacial score (nSPS) is 44.3. The number of hydrogen-bond donors (Lipinski definition) is 2. The molecule has 1 saturated heterocycles. The van der Waals surface area contributed by atoms with E-state index in [9.17, 15) is 18.3 Å². The molecule has 6 aliphatic rings. The molecule has 0 aromatic heterocycles. The molecule has 1 aliphatic heterocycles. The molecule has 0 bridgehead atoms. The Morgan fingerprint density at radius 1 is 0.900 bits per heavy atom. The Morgan fingerprint density at radius 3 is 2.24 bits per heavy atom. The van der Waals surface area contributed by atoms with E-state index in [2.05, 4.69) is 65.3 Å². The monoisotopic (exact) mass is 711 g/mol. The zero-order chi connectivity index (χ0) is 36.5. The first-order valence-corrected chi connectivity index (χ1v) is 22.1. The van der Waals surface area contributed by atoms with Crippen LogP contribution in [0.25, 0.3) is 0 Å². The van der Waals surface area contributed by atoms with Gasteiger partial charge in [0.2, 0.25) is 0 Å². The van der Waals surface area contributed by atoms with Gasteiger partial charge in [-0.1, -0.05) is 72.8 Å². The van der Waals surface area contributed by atoms with E-state index in [4.69, 9.17) is 0 Å². The molecule has 5 aliphatic carbocycles. The maximum absolute atomic E-state index is 12.0. The molecule has 282 valence electrons. The third kappa shape index (κ3) is 6.13. The predicted octanol–water partition coefficient (Wildman–Crippen LogP) is 8.56. The van der Waals surface area contributed by atoms with Crippen LogP contribution in [0.3, 0.4) is 0 Å². The summed E-state index contributed by atoms with van der Waals surface area (Å²) >= 11 is 0. The SMILES string of the molecule is C=C(/C=C\C(=C/C)C(=O)O)[C@H]1CC[C@@]2(C)C(CC[C@]3(C)C2CC[C@@H]2C4[C@H](C(C)C)CC[C@]4(NCCN4CCS(=O)(=O)CC4)CC[C@]23C)C1(C)C. The Balaban J connectivity index is 1.22. The average Bonchev–Trinajstić information content (AvgIpc) is 3.42. The zero-order valence-corrected chi connectivity index (χ0v) is 33.6. The molecule has 0 aromatic carbocycles. The molecule has 3 unspecified atom stereocenters. The second-order valence-electron chi connectivity index (χ2n) is 19.6. The summed E-state index contributed by atoms with van der Waals surface area (Å²) in [6, 6.07) is 0. The number of carboxylic acids is 1. The number of sulfone groups is 1. The van der Waals surface area contributed by atoms with Crippen LogP contribution in [-0.4, -0.2) is 67.6 Å². The largest absolute Gasteiger partial charge is 0.478 e. The minimum Gasteiger partial charge on any atom is -0.478 e. The van der Waals surface area contributed by atoms with Crippen molar-refractivity contribution in [1.29, 1.82) is 0 Å². The van der Waals surface area contributed by atoms with Crippen LogP contribution in [0.2, 0.25) is 0 Å². The fraction of sp³-hybridized carbons (Fsp3) is 0.837. The van der Waals surface area contributed by atoms with Gasteiger partial charge in [-0.2, -0.15) is 0 Å². The first-order valence-electron chi connectivity index (χ1n) is 20.3. The van der Waals surface area contributed by atoms with E-state index in [1.165, 1.54) is 57.8 Å². The lowest BCUT2D eigenvalue weighted by Crippen LogP contribution is -2.68. The third-order valence-electron chi connectivity index (χ3n) is 17.2. The maximum atomic E-state index is 12.0. The number of fused-ring (bicyclic) bond motifs is 7. The number of hydrogen-bond acceptors (Lipinski definition) is 5. The number of allylic oxidation sites excluding steroid dienone is 3. The van der Waals surface area contributed by atoms with Gasteiger partial charge in [0, 0.05) is 31.7 Å². The lowest BCUT2D eigenvalue weighted by molar-refractivity contribution is -0.237. The second kappa shape index (κ2) is 13.4. The topological polar surface area (TPSA) is 86.7 Å². The van der Waals surface area contributed by atoms with Gasteiger partial charge < -0.3 is 15.3 Å². The van der Waals surface area contributed by atoms with E-state index >= 15 is 0 Å². The summed E-state index contributed by atoms with van der Waals surface area (Å²) in [4.78, 5) is 14.0. The Hall–Kier alpha value is -1.44. The molecule has 50 heavy (non-hydrogen) atoms. The van der Waals surface area contributed by atoms with Crippen LogP contribution >= 0.6 is 0 Å². The molecule has 0 aromatic rings. The van der Waals surface area contributed by atoms with Crippen LogP contribution < -0.4 is 5.32 Å². The minimum absolute atomic E-state index is 0.102. The van der Waals surface area contributed by atoms with Gasteiger partial charge in [0.1, 0.15) is 0 Å². The molecule has 7 heteroatoms. The van der Waals surface area contributed by atoms with E-state index in [1.807, 2.05) is 6.08 Å². The van der Waals surface area contributed by atoms with Gasteiger partial charge in [-0.3, -0.25) is 0 Å². The number of nitrogens with one attached hydrogen (secondary N) is 1. The van der Waals surface area contributed by atoms with E-state index in [0.29, 0.717) is 70.1 Å². The summed E-state index contributed by atoms with van der Waals surface area (Å²) in [5, 5.41) is 13.8. The number of carbonyl (C=O) groups is 1. The van der Waals surface area contributed by atoms with Crippen molar-refractivity contribution >= 4 is 15.8 Å². The van der Waals surface area contributed by atoms with Crippen LogP contribution in [0.4, 0.5) is 0 Å². The molecule has 6 nitrogen and oxygen atoms in total. The molecule has 0 amide bonds. The van der Waals surface area contributed by atoms with E-state index < -0.39 is 15.8 Å². The quantitative estimate of drug-likeness (QED) is 0.184. The first-order chi connectivity index (χ1) is 23.4. The van der Waals surface area contributed by atoms with Gasteiger partial charge in [0.25, 0.3) is 0 Å². The Bertz CT molecular complexity index is 1480. The minimum atomic E-state index is -2.85. The molecule has 6 rings (SSSR count). The summed E-state index contributed by atoms with van der Waals surface area (Å²) in [7, 11) is -2.85. The standard InChI is InChI=1S/C43H70N2O4S/c1-10-31(38(46)47)12-11-30(4)33-16-18-40(7)35(39(33,5)6)17-19-42(9)36(40)14-13-34-37-32(29(2)3)15-20-43(37,22-21-41(34,42)8)44-23-24-45-25-27-50(48,49)28-26-45/h10-12,29,32-37,44H,4,13-28H2,1-3,5-9H3,(H,46,47)/b12-11-,31-10+/t32-,33+,34+,35?,36?,37?,40-,41+,42+,43-/m0/s1. The number of nitrogens with zero attached hydrogens (tertiary/aromatic N) is 1. The van der Waals surface area contributed by atoms with Crippen molar-refractivity contribution in [3.05, 3.63) is 36.0 Å². The summed E-state index contributed by atoms with van der Waals surface area (Å²) < 4.78 is 24.1. The van der Waals surface area contributed by atoms with Gasteiger partial charge in [-0.05, 0) is 140 Å². The third-order valence-corrected chi connectivity index (χ3v) is 18.8. The summed E-state index contributed by atoms with van der Waals surface area (Å²) in [6.07, 6.45) is 18.2. The van der Waals surface area contributed by atoms with Crippen molar-refractivity contribution in [1.82, 2.24) is 10.2 Å². The van der Waals surface area contributed by atoms with E-state index in [1.54, 1.807) is 19.1 Å². The fourth-order valence-corrected chi connectivity index (χ4v) is 15.7. The molecule has 0 radical (unpaired) electrons. The summed E-state index contributed by atoms with van der Waals surface area (Å²) in [5.41, 5.74) is 2.67. The lowest BCUT2D eigenvalue weighted by atomic mass is 9.32. The van der Waals surface area contributed by atoms with Gasteiger partial charge in [-0.15, -0.1) is 0 Å². The lowest BCUT2D eigenvalue weighted by Gasteiger charge is -2.73. The maximum Gasteiger partial charge on any atom is 0.335 e. The molecule has 10 atom stereocenters. The highest BCUT2D eigenvalue weighted by atomic mass is 32.2. The molecule has 5 saturated carbocycles. The Kier molecular flexibility index (Phi) is 10.3. The molecular formula is C43H70N2O4S. The van der Waals surface area contributed by atoms with Crippen molar-refractivity contribution < 1.29 is 18.3 Å². The predicted molar refractivity (Wildman–Crippen MR) is 206 cm³/mol. The molecule has 0 spiro atoms. The van der Waals surface area contributed by atoms with Crippen molar-refractivity contribution in [3.8, 4) is 0 Å². The molecule has 2 N–H and O–H groups in total. The highest BCUT2D eigenvalue weighted by Crippen LogP contribution is 2.77. The summed E-state index contributed by atoms with van der Waals surface area (Å²) in [6.45, 7) is 27.7. The van der Waals surface area contributed by atoms with Gasteiger partial charge in [0.15, 0.2) is 9.84 Å². The van der Waals surface area contributed by atoms with E-state index in [-0.39, 0.29) is 11.0 Å². The highest BCUT2D eigenvalue weighted by Gasteiger charge is 2.71. The smallest absolute Gasteiger partial charge is 0.335 e. The zero-order valence-electron chi connectivity index (χ0n) is 32.8. The number of aliphatic carboxylic acids is 1. The van der Waals surface area contributed by atoms with Crippen LogP contribution in [-0.2, 0) is 14.6 Å². The molecule has 6 fully saturated rings. The molecular weight excluding hydrogens is 641 g/mol. The van der Waals surface area contributed by atoms with E-state index in [0.717, 1.165) is 42.8 Å². The van der Waals surface area contributed by atoms with Crippen molar-refractivity contribution in [2.24, 2.45) is 63.1 Å². The fourth-order valence-electron chi connectivity index (χ4n) is 14.4. The van der Waals surface area contributed by atoms with Crippen molar-refractivity contribution in [3.63, 3.8) is 0 Å². The number of rotatable bonds is 9. The Morgan fingerprint density at radius 2 is 1.60 bits per heavy atom. The summed E-state index contributed by atoms with van der Waals surface area (Å²) in [5.74, 6) is 4.34. The van der Waals surface area contributed by atoms with Crippen LogP contribution in [0.1, 0.15) is 120 Å². The van der Waals surface area contributed by atoms with Crippen molar-refractivity contribution in [2.45, 2.75) is 125 Å². The highest BCUT2D eigenvalue weighted by molar-refractivity contribution is 7.91. The van der Waals surface area contributed by atoms with Crippen LogP contribution in [0, 0.1) is 63.1 Å². The van der Waals surface area contributed by atoms with Gasteiger partial charge in [-0.25, -0.2) is 13.2 Å². The van der Waals surface area contributed by atoms with Crippen LogP contribution in [0.5, 0.6) is 0 Å². The second-order valence-corrected chi connectivity index (χ2v) is 21.9. The average molecular weight is 711 g/mol. The molecule has 1 heterocycles. The van der Waals surface area contributed by atoms with Gasteiger partial charge in [0.05, 0.1) is 17.1 Å².